The molecule has 0 heterocycles. The van der Waals surface area contributed by atoms with E-state index in [-0.39, 0.29) is 0 Å². The number of carbonyl (C=O) groups is 1. The minimum absolute atomic E-state index is 0.462. The molecule has 0 atom stereocenters. The van der Waals surface area contributed by atoms with Gasteiger partial charge in [-0.1, -0.05) is 24.3 Å². The Morgan fingerprint density at radius 1 is 1.18 bits per heavy atom. The van der Waals surface area contributed by atoms with Crippen LogP contribution in [0.2, 0.25) is 0 Å². The first-order valence-corrected chi connectivity index (χ1v) is 3.30. The van der Waals surface area contributed by atoms with Gasteiger partial charge in [0.25, 0.3) is 0 Å². The van der Waals surface area contributed by atoms with E-state index in [0.29, 0.717) is 5.56 Å². The van der Waals surface area contributed by atoms with Crippen molar-refractivity contribution in [2.24, 2.45) is 11.3 Å². The molecule has 1 aromatic carbocycles. The molecule has 1 rings (SSSR count). The molecule has 4 heteroatoms. The summed E-state index contributed by atoms with van der Waals surface area (Å²) >= 11 is 0. The summed E-state index contributed by atoms with van der Waals surface area (Å²) in [6.07, 6.45) is 0.784. The normalized spacial score (nSPS) is 9.27. The molecule has 1 aromatic rings. The lowest BCUT2D eigenvalue weighted by Gasteiger charge is -1.99. The summed E-state index contributed by atoms with van der Waals surface area (Å²) in [5.41, 5.74) is 12.3. The summed E-state index contributed by atoms with van der Waals surface area (Å²) in [7, 11) is 0. The average molecular weight is 148 g/mol. The lowest BCUT2D eigenvalue weighted by Crippen LogP contribution is -2.48. The summed E-state index contributed by atoms with van der Waals surface area (Å²) < 4.78 is 0. The van der Waals surface area contributed by atoms with Crippen molar-refractivity contribution in [3.05, 3.63) is 29.8 Å². The lowest BCUT2D eigenvalue weighted by atomic mass is 9.72. The number of rotatable bonds is 2. The molecule has 0 aliphatic rings. The van der Waals surface area contributed by atoms with Gasteiger partial charge in [-0.3, -0.25) is 4.79 Å². The van der Waals surface area contributed by atoms with Crippen molar-refractivity contribution >= 4 is 18.7 Å². The number of aldehydes is 1. The smallest absolute Gasteiger partial charge is 0.335 e. The van der Waals surface area contributed by atoms with Crippen LogP contribution in [-0.2, 0) is 0 Å². The Balaban J connectivity index is 2.91. The molecule has 56 valence electrons. The number of hydrogen-bond donors (Lipinski definition) is 2. The Hall–Kier alpha value is -1.13. The fourth-order valence-corrected chi connectivity index (χ4v) is 0.797. The third kappa shape index (κ3) is 1.90. The second-order valence-corrected chi connectivity index (χ2v) is 2.31. The molecule has 3 nitrogen and oxygen atoms in total. The summed E-state index contributed by atoms with van der Waals surface area (Å²) in [4.78, 5) is 10.2. The highest BCUT2D eigenvalue weighted by atomic mass is 16.1. The highest BCUT2D eigenvalue weighted by molar-refractivity contribution is 6.67. The maximum absolute atomic E-state index is 10.2. The van der Waals surface area contributed by atoms with Gasteiger partial charge in [0.05, 0.1) is 0 Å². The van der Waals surface area contributed by atoms with Crippen LogP contribution in [0.25, 0.3) is 0 Å². The molecule has 0 saturated carbocycles. The van der Waals surface area contributed by atoms with Crippen LogP contribution >= 0.6 is 0 Å². The van der Waals surface area contributed by atoms with Crippen molar-refractivity contribution in [1.29, 1.82) is 0 Å². The summed E-state index contributed by atoms with van der Waals surface area (Å²) in [6, 6.07) is 6.87. The van der Waals surface area contributed by atoms with Crippen LogP contribution in [0.15, 0.2) is 24.3 Å². The molecule has 0 amide bonds. The standard InChI is InChI=1S/C7H9BN2O/c9-8(10)7-3-1-6(5-11)2-4-7/h1-5H,9-10H2. The van der Waals surface area contributed by atoms with E-state index in [2.05, 4.69) is 0 Å². The van der Waals surface area contributed by atoms with Gasteiger partial charge < -0.3 is 11.3 Å². The third-order valence-corrected chi connectivity index (χ3v) is 1.46. The zero-order valence-electron chi connectivity index (χ0n) is 6.03. The fraction of sp³-hybridized carbons (Fsp3) is 0. The summed E-state index contributed by atoms with van der Waals surface area (Å²) in [5, 5.41) is 0. The van der Waals surface area contributed by atoms with E-state index >= 15 is 0 Å². The second-order valence-electron chi connectivity index (χ2n) is 2.31. The van der Waals surface area contributed by atoms with Crippen LogP contribution in [0.4, 0.5) is 0 Å². The number of carbonyl (C=O) groups excluding carboxylic acids is 1. The van der Waals surface area contributed by atoms with Gasteiger partial charge in [0.1, 0.15) is 6.29 Å². The van der Waals surface area contributed by atoms with Crippen LogP contribution in [-0.4, -0.2) is 13.3 Å². The molecular formula is C7H9BN2O. The maximum Gasteiger partial charge on any atom is 0.335 e. The Labute approximate surface area is 65.5 Å². The van der Waals surface area contributed by atoms with Gasteiger partial charge in [0.15, 0.2) is 0 Å². The van der Waals surface area contributed by atoms with Crippen LogP contribution in [0.3, 0.4) is 0 Å². The lowest BCUT2D eigenvalue weighted by molar-refractivity contribution is 0.112. The van der Waals surface area contributed by atoms with Crippen molar-refractivity contribution in [3.63, 3.8) is 0 Å². The molecule has 0 saturated heterocycles. The monoisotopic (exact) mass is 148 g/mol. The highest BCUT2D eigenvalue weighted by Gasteiger charge is 2.03. The van der Waals surface area contributed by atoms with Gasteiger partial charge >= 0.3 is 6.98 Å². The van der Waals surface area contributed by atoms with E-state index in [1.807, 2.05) is 0 Å². The van der Waals surface area contributed by atoms with Crippen molar-refractivity contribution in [2.75, 3.05) is 0 Å². The van der Waals surface area contributed by atoms with Gasteiger partial charge in [0.2, 0.25) is 0 Å². The first-order chi connectivity index (χ1) is 5.24. The Morgan fingerprint density at radius 2 is 1.73 bits per heavy atom. The molecule has 11 heavy (non-hydrogen) atoms. The van der Waals surface area contributed by atoms with E-state index in [4.69, 9.17) is 11.3 Å². The van der Waals surface area contributed by atoms with Crippen molar-refractivity contribution < 1.29 is 4.79 Å². The van der Waals surface area contributed by atoms with E-state index in [0.717, 1.165) is 11.7 Å². The molecule has 0 aliphatic carbocycles. The van der Waals surface area contributed by atoms with Crippen LogP contribution in [0.5, 0.6) is 0 Å². The van der Waals surface area contributed by atoms with Crippen LogP contribution in [0.1, 0.15) is 10.4 Å². The van der Waals surface area contributed by atoms with Crippen molar-refractivity contribution in [1.82, 2.24) is 0 Å². The van der Waals surface area contributed by atoms with Gasteiger partial charge in [-0.15, -0.1) is 0 Å². The van der Waals surface area contributed by atoms with Gasteiger partial charge in [-0.05, 0) is 5.46 Å². The summed E-state index contributed by atoms with van der Waals surface area (Å²) in [6.45, 7) is -0.462. The predicted octanol–water partition coefficient (Wildman–Crippen LogP) is -0.888. The molecular weight excluding hydrogens is 139 g/mol. The Bertz CT molecular complexity index is 245. The van der Waals surface area contributed by atoms with Crippen LogP contribution in [0, 0.1) is 0 Å². The van der Waals surface area contributed by atoms with Crippen molar-refractivity contribution in [3.8, 4) is 0 Å². The fourth-order valence-electron chi connectivity index (χ4n) is 0.797. The minimum atomic E-state index is -0.462. The first kappa shape index (κ1) is 7.98. The average Bonchev–Trinajstić information content (AvgIpc) is 2.05. The van der Waals surface area contributed by atoms with Gasteiger partial charge in [0, 0.05) is 5.56 Å². The van der Waals surface area contributed by atoms with Crippen molar-refractivity contribution in [2.45, 2.75) is 0 Å². The predicted molar refractivity (Wildman–Crippen MR) is 45.6 cm³/mol. The van der Waals surface area contributed by atoms with Crippen LogP contribution < -0.4 is 16.8 Å². The highest BCUT2D eigenvalue weighted by Crippen LogP contribution is 1.90. The van der Waals surface area contributed by atoms with Gasteiger partial charge in [-0.25, -0.2) is 0 Å². The largest absolute Gasteiger partial charge is 0.352 e. The zero-order valence-corrected chi connectivity index (χ0v) is 6.03. The molecule has 0 aliphatic heterocycles. The molecule has 0 spiro atoms. The van der Waals surface area contributed by atoms with E-state index < -0.39 is 6.98 Å². The quantitative estimate of drug-likeness (QED) is 0.422. The van der Waals surface area contributed by atoms with E-state index in [1.165, 1.54) is 0 Å². The Kier molecular flexibility index (Phi) is 2.41. The van der Waals surface area contributed by atoms with E-state index in [9.17, 15) is 4.79 Å². The maximum atomic E-state index is 10.2. The summed E-state index contributed by atoms with van der Waals surface area (Å²) in [5.74, 6) is 0. The molecule has 0 bridgehead atoms. The van der Waals surface area contributed by atoms with E-state index in [1.54, 1.807) is 24.3 Å². The second kappa shape index (κ2) is 3.32. The minimum Gasteiger partial charge on any atom is -0.352 e. The third-order valence-electron chi connectivity index (χ3n) is 1.46. The Morgan fingerprint density at radius 3 is 2.09 bits per heavy atom. The number of nitrogens with two attached hydrogens (primary N) is 2. The molecule has 0 radical (unpaired) electrons. The number of benzene rings is 1. The zero-order chi connectivity index (χ0) is 8.27. The topological polar surface area (TPSA) is 69.1 Å². The molecule has 4 N–H and O–H groups in total. The molecule has 0 fully saturated rings. The SMILES string of the molecule is NB(N)c1ccc(C=O)cc1. The number of hydrogen-bond acceptors (Lipinski definition) is 3. The molecule has 0 aromatic heterocycles. The van der Waals surface area contributed by atoms with Gasteiger partial charge in [-0.2, -0.15) is 0 Å². The first-order valence-electron chi connectivity index (χ1n) is 3.30. The molecule has 0 unspecified atom stereocenters.